The first-order chi connectivity index (χ1) is 8.61. The maximum atomic E-state index is 12.4. The molecule has 3 heteroatoms. The summed E-state index contributed by atoms with van der Waals surface area (Å²) in [5, 5.41) is 1.09. The Morgan fingerprint density at radius 1 is 1.22 bits per heavy atom. The molecule has 0 spiro atoms. The molecule has 98 valence electrons. The summed E-state index contributed by atoms with van der Waals surface area (Å²) in [4.78, 5) is 12.4. The van der Waals surface area contributed by atoms with Gasteiger partial charge in [0.25, 0.3) is 0 Å². The van der Waals surface area contributed by atoms with Gasteiger partial charge in [-0.2, -0.15) is 0 Å². The molecule has 0 radical (unpaired) electrons. The van der Waals surface area contributed by atoms with Crippen molar-refractivity contribution in [2.45, 2.75) is 39.0 Å². The van der Waals surface area contributed by atoms with Crippen LogP contribution in [0.5, 0.6) is 0 Å². The van der Waals surface area contributed by atoms with E-state index < -0.39 is 0 Å². The number of Topliss-reactive ketones (excluding diaryl/α,β-unsaturated/α-hetero) is 1. The van der Waals surface area contributed by atoms with Gasteiger partial charge < -0.3 is 0 Å². The Kier molecular flexibility index (Phi) is 4.69. The van der Waals surface area contributed by atoms with Crippen molar-refractivity contribution in [3.8, 4) is 0 Å². The molecule has 1 fully saturated rings. The van der Waals surface area contributed by atoms with Crippen molar-refractivity contribution < 1.29 is 4.79 Å². The zero-order valence-corrected chi connectivity index (χ0v) is 12.1. The van der Waals surface area contributed by atoms with Crippen molar-refractivity contribution in [3.63, 3.8) is 0 Å². The van der Waals surface area contributed by atoms with Gasteiger partial charge in [0.15, 0.2) is 5.78 Å². The number of hydrogen-bond donors (Lipinski definition) is 0. The van der Waals surface area contributed by atoms with Crippen molar-refractivity contribution in [1.29, 1.82) is 0 Å². The highest BCUT2D eigenvalue weighted by molar-refractivity contribution is 6.36. The van der Waals surface area contributed by atoms with E-state index in [4.69, 9.17) is 23.2 Å². The van der Waals surface area contributed by atoms with E-state index in [1.165, 1.54) is 6.42 Å². The summed E-state index contributed by atoms with van der Waals surface area (Å²) in [5.41, 5.74) is 0.587. The van der Waals surface area contributed by atoms with Crippen molar-refractivity contribution in [2.75, 3.05) is 0 Å². The van der Waals surface area contributed by atoms with Crippen LogP contribution in [0.4, 0.5) is 0 Å². The summed E-state index contributed by atoms with van der Waals surface area (Å²) in [5.74, 6) is 1.09. The molecule has 0 aromatic heterocycles. The van der Waals surface area contributed by atoms with E-state index in [2.05, 4.69) is 6.92 Å². The van der Waals surface area contributed by atoms with E-state index in [-0.39, 0.29) is 11.7 Å². The summed E-state index contributed by atoms with van der Waals surface area (Å²) in [6, 6.07) is 5.11. The Hall–Kier alpha value is -0.530. The predicted molar refractivity (Wildman–Crippen MR) is 76.5 cm³/mol. The summed E-state index contributed by atoms with van der Waals surface area (Å²) in [7, 11) is 0. The van der Waals surface area contributed by atoms with E-state index >= 15 is 0 Å². The van der Waals surface area contributed by atoms with Crippen LogP contribution in [0.15, 0.2) is 18.2 Å². The topological polar surface area (TPSA) is 17.1 Å². The fraction of sp³-hybridized carbons (Fsp3) is 0.533. The minimum atomic E-state index is 0.128. The second kappa shape index (κ2) is 6.08. The van der Waals surface area contributed by atoms with Gasteiger partial charge in [0.1, 0.15) is 0 Å². The highest BCUT2D eigenvalue weighted by atomic mass is 35.5. The zero-order valence-electron chi connectivity index (χ0n) is 10.6. The zero-order chi connectivity index (χ0) is 13.1. The molecule has 18 heavy (non-hydrogen) atoms. The van der Waals surface area contributed by atoms with E-state index in [0.29, 0.717) is 15.6 Å². The average molecular weight is 285 g/mol. The molecule has 1 aliphatic carbocycles. The smallest absolute Gasteiger partial charge is 0.167 e. The molecule has 1 aliphatic rings. The molecule has 1 nitrogen and oxygen atoms in total. The summed E-state index contributed by atoms with van der Waals surface area (Å²) in [6.07, 6.45) is 5.51. The van der Waals surface area contributed by atoms with E-state index in [0.717, 1.165) is 31.6 Å². The molecule has 0 amide bonds. The van der Waals surface area contributed by atoms with Gasteiger partial charge in [0.2, 0.25) is 0 Å². The number of hydrogen-bond acceptors (Lipinski definition) is 1. The van der Waals surface area contributed by atoms with Gasteiger partial charge in [-0.1, -0.05) is 36.5 Å². The standard InChI is InChI=1S/C15H18Cl2O/c1-2-10-3-5-11(6-4-10)15(18)13-9-12(16)7-8-14(13)17/h7-11H,2-6H2,1H3. The van der Waals surface area contributed by atoms with Gasteiger partial charge in [-0.15, -0.1) is 0 Å². The summed E-state index contributed by atoms with van der Waals surface area (Å²) >= 11 is 12.0. The third-order valence-corrected chi connectivity index (χ3v) is 4.55. The number of ketones is 1. The molecule has 0 N–H and O–H groups in total. The Bertz CT molecular complexity index is 434. The first-order valence-electron chi connectivity index (χ1n) is 6.61. The van der Waals surface area contributed by atoms with E-state index in [1.807, 2.05) is 0 Å². The van der Waals surface area contributed by atoms with Gasteiger partial charge >= 0.3 is 0 Å². The molecule has 0 saturated heterocycles. The third kappa shape index (κ3) is 3.07. The number of carbonyl (C=O) groups excluding carboxylic acids is 1. The summed E-state index contributed by atoms with van der Waals surface area (Å²) < 4.78 is 0. The van der Waals surface area contributed by atoms with Gasteiger partial charge in [0.05, 0.1) is 5.02 Å². The second-order valence-corrected chi connectivity index (χ2v) is 5.96. The van der Waals surface area contributed by atoms with Crippen LogP contribution >= 0.6 is 23.2 Å². The van der Waals surface area contributed by atoms with Crippen molar-refractivity contribution in [1.82, 2.24) is 0 Å². The first kappa shape index (κ1) is 13.9. The Morgan fingerprint density at radius 3 is 2.50 bits per heavy atom. The molecule has 1 aromatic rings. The lowest BCUT2D eigenvalue weighted by atomic mass is 9.78. The minimum absolute atomic E-state index is 0.128. The lowest BCUT2D eigenvalue weighted by Gasteiger charge is -2.27. The van der Waals surface area contributed by atoms with Crippen LogP contribution in [0.3, 0.4) is 0 Å². The fourth-order valence-corrected chi connectivity index (χ4v) is 3.12. The molecular weight excluding hydrogens is 267 g/mol. The highest BCUT2D eigenvalue weighted by Gasteiger charge is 2.27. The molecular formula is C15H18Cl2O. The van der Waals surface area contributed by atoms with Crippen molar-refractivity contribution in [3.05, 3.63) is 33.8 Å². The monoisotopic (exact) mass is 284 g/mol. The summed E-state index contributed by atoms with van der Waals surface area (Å²) in [6.45, 7) is 2.22. The largest absolute Gasteiger partial charge is 0.294 e. The van der Waals surface area contributed by atoms with Crippen LogP contribution in [-0.4, -0.2) is 5.78 Å². The van der Waals surface area contributed by atoms with Crippen LogP contribution in [-0.2, 0) is 0 Å². The number of halogens is 2. The van der Waals surface area contributed by atoms with Gasteiger partial charge in [0, 0.05) is 16.5 Å². The molecule has 0 atom stereocenters. The van der Waals surface area contributed by atoms with Crippen LogP contribution in [0.25, 0.3) is 0 Å². The maximum Gasteiger partial charge on any atom is 0.167 e. The quantitative estimate of drug-likeness (QED) is 0.680. The lowest BCUT2D eigenvalue weighted by Crippen LogP contribution is -2.22. The molecule has 0 unspecified atom stereocenters. The van der Waals surface area contributed by atoms with Crippen LogP contribution in [0, 0.1) is 11.8 Å². The lowest BCUT2D eigenvalue weighted by molar-refractivity contribution is 0.0871. The molecule has 0 heterocycles. The van der Waals surface area contributed by atoms with Gasteiger partial charge in [-0.05, 0) is 49.8 Å². The number of carbonyl (C=O) groups is 1. The van der Waals surface area contributed by atoms with E-state index in [9.17, 15) is 4.79 Å². The van der Waals surface area contributed by atoms with Crippen LogP contribution in [0.1, 0.15) is 49.4 Å². The number of benzene rings is 1. The van der Waals surface area contributed by atoms with Crippen LogP contribution < -0.4 is 0 Å². The van der Waals surface area contributed by atoms with Crippen molar-refractivity contribution in [2.24, 2.45) is 11.8 Å². The SMILES string of the molecule is CCC1CCC(C(=O)c2cc(Cl)ccc2Cl)CC1. The molecule has 1 aromatic carbocycles. The molecule has 1 saturated carbocycles. The molecule has 0 bridgehead atoms. The fourth-order valence-electron chi connectivity index (χ4n) is 2.74. The van der Waals surface area contributed by atoms with Gasteiger partial charge in [-0.25, -0.2) is 0 Å². The Balaban J connectivity index is 2.10. The maximum absolute atomic E-state index is 12.4. The van der Waals surface area contributed by atoms with Crippen LogP contribution in [0.2, 0.25) is 10.0 Å². The molecule has 2 rings (SSSR count). The third-order valence-electron chi connectivity index (χ3n) is 3.99. The average Bonchev–Trinajstić information content (AvgIpc) is 2.41. The minimum Gasteiger partial charge on any atom is -0.294 e. The van der Waals surface area contributed by atoms with E-state index in [1.54, 1.807) is 18.2 Å². The first-order valence-corrected chi connectivity index (χ1v) is 7.36. The van der Waals surface area contributed by atoms with Gasteiger partial charge in [-0.3, -0.25) is 4.79 Å². The highest BCUT2D eigenvalue weighted by Crippen LogP contribution is 2.34. The van der Waals surface area contributed by atoms with Crippen molar-refractivity contribution >= 4 is 29.0 Å². The second-order valence-electron chi connectivity index (χ2n) is 5.11. The molecule has 0 aliphatic heterocycles. The number of rotatable bonds is 3. The normalized spacial score (nSPS) is 23.9. The Morgan fingerprint density at radius 2 is 1.89 bits per heavy atom. The Labute approximate surface area is 118 Å². The predicted octanol–water partition coefficient (Wildman–Crippen LogP) is 5.39.